The monoisotopic (exact) mass is 904 g/mol. The Morgan fingerprint density at radius 1 is 0.460 bits per heavy atom. The molecule has 2 atom stereocenters. The maximum atomic E-state index is 12.1. The number of rotatable bonds is 43. The van der Waals surface area contributed by atoms with Crippen LogP contribution < -0.4 is 0 Å². The van der Waals surface area contributed by atoms with E-state index in [0.717, 1.165) is 128 Å². The summed E-state index contributed by atoms with van der Waals surface area (Å²) in [5.74, 6) is -1.79. The van der Waals surface area contributed by atoms with E-state index in [0.29, 0.717) is 56.5 Å². The van der Waals surface area contributed by atoms with Crippen molar-refractivity contribution in [1.82, 2.24) is 4.90 Å². The highest BCUT2D eigenvalue weighted by molar-refractivity contribution is 5.72. The van der Waals surface area contributed by atoms with Crippen LogP contribution in [0.4, 0.5) is 0 Å². The summed E-state index contributed by atoms with van der Waals surface area (Å²) >= 11 is 0. The van der Waals surface area contributed by atoms with E-state index in [2.05, 4.69) is 0 Å². The molecule has 368 valence electrons. The van der Waals surface area contributed by atoms with Crippen LogP contribution >= 0.6 is 0 Å². The molecule has 0 amide bonds. The number of likely N-dealkylation sites (N-methyl/N-ethyl adjacent to an activating group) is 2. The molecule has 2 N–H and O–H groups in total. The van der Waals surface area contributed by atoms with Gasteiger partial charge in [0.05, 0.1) is 46.1 Å². The second-order valence-corrected chi connectivity index (χ2v) is 17.5. The lowest BCUT2D eigenvalue weighted by molar-refractivity contribution is -0.883. The minimum Gasteiger partial charge on any atom is -0.466 e. The topological polar surface area (TPSA) is 201 Å². The summed E-state index contributed by atoms with van der Waals surface area (Å²) in [5, 5.41) is 20.3. The third kappa shape index (κ3) is 43.7. The lowest BCUT2D eigenvalue weighted by Crippen LogP contribution is -2.47. The van der Waals surface area contributed by atoms with E-state index < -0.39 is 24.1 Å². The zero-order chi connectivity index (χ0) is 47.0. The maximum absolute atomic E-state index is 12.1. The molecule has 0 bridgehead atoms. The van der Waals surface area contributed by atoms with Crippen LogP contribution in [0.3, 0.4) is 0 Å². The first-order chi connectivity index (χ1) is 30.1. The van der Waals surface area contributed by atoms with Crippen molar-refractivity contribution < 1.29 is 71.9 Å². The molecule has 0 aromatic rings. The molecule has 0 fully saturated rings. The van der Waals surface area contributed by atoms with E-state index in [1.54, 1.807) is 11.9 Å². The molecular formula is C47H87N2O14+. The summed E-state index contributed by atoms with van der Waals surface area (Å²) in [4.78, 5) is 71.5. The van der Waals surface area contributed by atoms with E-state index >= 15 is 0 Å². The summed E-state index contributed by atoms with van der Waals surface area (Å²) in [5.41, 5.74) is 0. The molecule has 0 heterocycles. The predicted octanol–water partition coefficient (Wildman–Crippen LogP) is 6.38. The number of ether oxygens (including phenoxy) is 6. The van der Waals surface area contributed by atoms with Crippen molar-refractivity contribution in [1.29, 1.82) is 0 Å². The smallest absolute Gasteiger partial charge is 0.361 e. The molecule has 0 aliphatic rings. The van der Waals surface area contributed by atoms with Gasteiger partial charge in [-0.15, -0.1) is 0 Å². The van der Waals surface area contributed by atoms with Crippen LogP contribution in [-0.4, -0.2) is 155 Å². The first-order valence-electron chi connectivity index (χ1n) is 23.9. The minimum atomic E-state index is -0.689. The third-order valence-electron chi connectivity index (χ3n) is 10.5. The number of carbonyl (C=O) groups is 6. The molecule has 0 aliphatic heterocycles. The molecule has 0 spiro atoms. The molecule has 2 unspecified atom stereocenters. The Bertz CT molecular complexity index is 1220. The summed E-state index contributed by atoms with van der Waals surface area (Å²) in [7, 11) is 5.43. The summed E-state index contributed by atoms with van der Waals surface area (Å²) in [6.45, 7) is 5.13. The zero-order valence-electron chi connectivity index (χ0n) is 39.9. The van der Waals surface area contributed by atoms with E-state index in [-0.39, 0.29) is 63.4 Å². The zero-order valence-corrected chi connectivity index (χ0v) is 39.9. The van der Waals surface area contributed by atoms with Crippen molar-refractivity contribution in [3.63, 3.8) is 0 Å². The molecule has 0 rings (SSSR count). The number of esters is 6. The average molecular weight is 904 g/mol. The molecule has 0 saturated carbocycles. The van der Waals surface area contributed by atoms with Crippen LogP contribution in [0.25, 0.3) is 0 Å². The summed E-state index contributed by atoms with van der Waals surface area (Å²) < 4.78 is 31.3. The molecule has 16 heteroatoms. The highest BCUT2D eigenvalue weighted by Gasteiger charge is 2.22. The number of quaternary nitrogens is 1. The number of hydrogen-bond acceptors (Lipinski definition) is 15. The van der Waals surface area contributed by atoms with Gasteiger partial charge in [0, 0.05) is 33.2 Å². The van der Waals surface area contributed by atoms with Crippen LogP contribution in [0, 0.1) is 0 Å². The highest BCUT2D eigenvalue weighted by Crippen LogP contribution is 2.14. The second-order valence-electron chi connectivity index (χ2n) is 17.5. The van der Waals surface area contributed by atoms with Gasteiger partial charge in [-0.05, 0) is 45.6 Å². The van der Waals surface area contributed by atoms with Gasteiger partial charge < -0.3 is 43.1 Å². The second kappa shape index (κ2) is 40.2. The summed E-state index contributed by atoms with van der Waals surface area (Å²) in [6.07, 6.45) is 20.3. The first kappa shape index (κ1) is 59.7. The first-order valence-corrected chi connectivity index (χ1v) is 23.9. The van der Waals surface area contributed by atoms with Crippen LogP contribution in [0.1, 0.15) is 168 Å². The van der Waals surface area contributed by atoms with Gasteiger partial charge in [-0.1, -0.05) is 103 Å². The van der Waals surface area contributed by atoms with Crippen molar-refractivity contribution in [2.75, 3.05) is 87.0 Å². The van der Waals surface area contributed by atoms with E-state index in [1.165, 1.54) is 13.8 Å². The normalized spacial score (nSPS) is 12.4. The predicted molar refractivity (Wildman–Crippen MR) is 239 cm³/mol. The minimum absolute atomic E-state index is 0.0227. The number of aliphatic hydroxyl groups excluding tert-OH is 2. The Hall–Kier alpha value is -3.34. The number of carbonyl (C=O) groups excluding carboxylic acids is 6. The van der Waals surface area contributed by atoms with Crippen LogP contribution in [0.2, 0.25) is 0 Å². The fourth-order valence-corrected chi connectivity index (χ4v) is 6.64. The van der Waals surface area contributed by atoms with Crippen LogP contribution in [-0.2, 0) is 57.2 Å². The molecule has 0 saturated heterocycles. The molecule has 16 nitrogen and oxygen atoms in total. The van der Waals surface area contributed by atoms with Gasteiger partial charge in [-0.3, -0.25) is 28.9 Å². The Balaban J connectivity index is 3.49. The third-order valence-corrected chi connectivity index (χ3v) is 10.5. The van der Waals surface area contributed by atoms with E-state index in [1.807, 2.05) is 14.1 Å². The fraction of sp³-hybridized carbons (Fsp3) is 0.872. The van der Waals surface area contributed by atoms with Gasteiger partial charge in [0.15, 0.2) is 6.54 Å². The number of nitrogens with zero attached hydrogens (tertiary/aromatic N) is 2. The largest absolute Gasteiger partial charge is 0.466 e. The Morgan fingerprint density at radius 3 is 1.29 bits per heavy atom. The Kier molecular flexibility index (Phi) is 38.1. The van der Waals surface area contributed by atoms with Gasteiger partial charge in [0.1, 0.15) is 33.0 Å². The number of hydrogen-bond donors (Lipinski definition) is 2. The van der Waals surface area contributed by atoms with Crippen molar-refractivity contribution in [2.24, 2.45) is 0 Å². The van der Waals surface area contributed by atoms with Crippen molar-refractivity contribution in [3.8, 4) is 0 Å². The van der Waals surface area contributed by atoms with Crippen molar-refractivity contribution >= 4 is 35.8 Å². The molecule has 0 radical (unpaired) electrons. The molecule has 63 heavy (non-hydrogen) atoms. The molecule has 0 aliphatic carbocycles. The van der Waals surface area contributed by atoms with Crippen molar-refractivity contribution in [3.05, 3.63) is 0 Å². The summed E-state index contributed by atoms with van der Waals surface area (Å²) in [6, 6.07) is 0. The van der Waals surface area contributed by atoms with Crippen molar-refractivity contribution in [2.45, 2.75) is 180 Å². The van der Waals surface area contributed by atoms with Crippen LogP contribution in [0.15, 0.2) is 0 Å². The average Bonchev–Trinajstić information content (AvgIpc) is 3.21. The maximum Gasteiger partial charge on any atom is 0.361 e. The molecule has 0 aromatic heterocycles. The standard InChI is InChI=1S/C47H87N2O14/c1-40(50)58-34-30-48(3)36-46(56)62-38-42(52)26-20-14-8-10-16-22-28-44(54)60-32-24-18-12-6-7-13-19-25-33-61-45(55)29-23-17-11-9-15-21-27-43(53)39-63-47(57)37-49(4,5)31-35-59-41(2)51/h42-43,52-53H,6-39H2,1-5H3/q+1. The van der Waals surface area contributed by atoms with Gasteiger partial charge >= 0.3 is 35.8 Å². The lowest BCUT2D eigenvalue weighted by Gasteiger charge is -2.28. The Labute approximate surface area is 378 Å². The van der Waals surface area contributed by atoms with E-state index in [9.17, 15) is 39.0 Å². The fourth-order valence-electron chi connectivity index (χ4n) is 6.64. The molecule has 0 aromatic carbocycles. The van der Waals surface area contributed by atoms with Gasteiger partial charge in [0.25, 0.3) is 0 Å². The highest BCUT2D eigenvalue weighted by atomic mass is 16.6. The lowest BCUT2D eigenvalue weighted by atomic mass is 10.1. The SMILES string of the molecule is CC(=O)OCCN(C)CC(=O)OCC(O)CCCCCCCCC(=O)OCCCCCCCCCCOC(=O)CCCCCCCCC(O)COC(=O)C[N+](C)(C)CCOC(C)=O. The number of aliphatic hydroxyl groups is 2. The van der Waals surface area contributed by atoms with Gasteiger partial charge in [-0.2, -0.15) is 0 Å². The Morgan fingerprint density at radius 2 is 0.841 bits per heavy atom. The quantitative estimate of drug-likeness (QED) is 0.0295. The van der Waals surface area contributed by atoms with Gasteiger partial charge in [0.2, 0.25) is 0 Å². The van der Waals surface area contributed by atoms with Crippen LogP contribution in [0.5, 0.6) is 0 Å². The van der Waals surface area contributed by atoms with E-state index in [4.69, 9.17) is 28.4 Å². The van der Waals surface area contributed by atoms with Gasteiger partial charge in [-0.25, -0.2) is 4.79 Å². The molecular weight excluding hydrogens is 817 g/mol. The number of unbranched alkanes of at least 4 members (excludes halogenated alkanes) is 17.